The molecule has 13 heavy (non-hydrogen) atoms. The minimum atomic E-state index is 0.732. The van der Waals surface area contributed by atoms with E-state index in [-0.39, 0.29) is 0 Å². The highest BCUT2D eigenvalue weighted by Gasteiger charge is 2.30. The normalized spacial score (nSPS) is 19.8. The first-order chi connectivity index (χ1) is 6.15. The van der Waals surface area contributed by atoms with Crippen molar-refractivity contribution < 1.29 is 0 Å². The number of nitrogens with zero attached hydrogens (tertiary/aromatic N) is 2. The van der Waals surface area contributed by atoms with Gasteiger partial charge < -0.3 is 4.90 Å². The smallest absolute Gasteiger partial charge is 0.0347 e. The molecule has 0 aliphatic carbocycles. The lowest BCUT2D eigenvalue weighted by atomic mass is 10.1. The monoisotopic (exact) mass is 184 g/mol. The summed E-state index contributed by atoms with van der Waals surface area (Å²) in [5.41, 5.74) is 0. The van der Waals surface area contributed by atoms with Crippen LogP contribution in [0.15, 0.2) is 0 Å². The number of hydrogen-bond acceptors (Lipinski definition) is 2. The standard InChI is InChI=1S/C11H24N2/c1-5-6-7-12(4)11-8-13(9-11)10(2)3/h10-11H,5-9H2,1-4H3. The molecule has 0 radical (unpaired) electrons. The van der Waals surface area contributed by atoms with E-state index in [1.165, 1.54) is 32.5 Å². The molecule has 2 nitrogen and oxygen atoms in total. The Morgan fingerprint density at radius 1 is 1.38 bits per heavy atom. The number of unbranched alkanes of at least 4 members (excludes halogenated alkanes) is 1. The highest BCUT2D eigenvalue weighted by molar-refractivity contribution is 4.88. The molecule has 1 saturated heterocycles. The molecule has 1 aliphatic heterocycles. The van der Waals surface area contributed by atoms with Crippen LogP contribution in [0.25, 0.3) is 0 Å². The van der Waals surface area contributed by atoms with Crippen molar-refractivity contribution in [3.05, 3.63) is 0 Å². The molecular formula is C11H24N2. The molecule has 0 aromatic rings. The van der Waals surface area contributed by atoms with Crippen LogP contribution in [-0.4, -0.2) is 48.6 Å². The molecule has 0 saturated carbocycles. The lowest BCUT2D eigenvalue weighted by Crippen LogP contribution is -2.60. The first kappa shape index (κ1) is 11.0. The largest absolute Gasteiger partial charge is 0.301 e. The van der Waals surface area contributed by atoms with Gasteiger partial charge in [0.05, 0.1) is 0 Å². The van der Waals surface area contributed by atoms with Crippen molar-refractivity contribution in [2.45, 2.75) is 45.7 Å². The summed E-state index contributed by atoms with van der Waals surface area (Å²) in [6, 6.07) is 1.56. The number of hydrogen-bond donors (Lipinski definition) is 0. The molecule has 1 aliphatic rings. The Labute approximate surface area is 82.9 Å². The summed E-state index contributed by atoms with van der Waals surface area (Å²) in [6.45, 7) is 10.6. The molecule has 0 N–H and O–H groups in total. The highest BCUT2D eigenvalue weighted by Crippen LogP contribution is 2.16. The molecule has 1 rings (SSSR count). The van der Waals surface area contributed by atoms with Gasteiger partial charge in [-0.1, -0.05) is 13.3 Å². The fraction of sp³-hybridized carbons (Fsp3) is 1.00. The number of likely N-dealkylation sites (tertiary alicyclic amines) is 1. The van der Waals surface area contributed by atoms with Crippen LogP contribution in [0.3, 0.4) is 0 Å². The second-order valence-corrected chi connectivity index (χ2v) is 4.54. The Morgan fingerprint density at radius 2 is 2.00 bits per heavy atom. The summed E-state index contributed by atoms with van der Waals surface area (Å²) >= 11 is 0. The van der Waals surface area contributed by atoms with E-state index in [1.54, 1.807) is 0 Å². The molecule has 1 heterocycles. The minimum Gasteiger partial charge on any atom is -0.301 e. The van der Waals surface area contributed by atoms with Crippen molar-refractivity contribution in [1.29, 1.82) is 0 Å². The van der Waals surface area contributed by atoms with Gasteiger partial charge in [-0.25, -0.2) is 0 Å². The van der Waals surface area contributed by atoms with Crippen LogP contribution in [0.2, 0.25) is 0 Å². The van der Waals surface area contributed by atoms with Gasteiger partial charge in [-0.15, -0.1) is 0 Å². The van der Waals surface area contributed by atoms with E-state index < -0.39 is 0 Å². The molecule has 0 spiro atoms. The molecule has 1 fully saturated rings. The van der Waals surface area contributed by atoms with Gasteiger partial charge in [0, 0.05) is 25.2 Å². The Kier molecular flexibility index (Phi) is 4.20. The van der Waals surface area contributed by atoms with Crippen LogP contribution in [0.5, 0.6) is 0 Å². The van der Waals surface area contributed by atoms with Gasteiger partial charge >= 0.3 is 0 Å². The van der Waals surface area contributed by atoms with Gasteiger partial charge in [0.2, 0.25) is 0 Å². The van der Waals surface area contributed by atoms with Crippen molar-refractivity contribution in [3.63, 3.8) is 0 Å². The molecule has 78 valence electrons. The summed E-state index contributed by atoms with van der Waals surface area (Å²) in [6.07, 6.45) is 2.65. The van der Waals surface area contributed by atoms with E-state index in [0.29, 0.717) is 0 Å². The van der Waals surface area contributed by atoms with E-state index in [0.717, 1.165) is 12.1 Å². The third-order valence-corrected chi connectivity index (χ3v) is 3.11. The van der Waals surface area contributed by atoms with Crippen molar-refractivity contribution in [2.24, 2.45) is 0 Å². The second-order valence-electron chi connectivity index (χ2n) is 4.54. The quantitative estimate of drug-likeness (QED) is 0.643. The summed E-state index contributed by atoms with van der Waals surface area (Å²) < 4.78 is 0. The number of rotatable bonds is 5. The zero-order valence-electron chi connectivity index (χ0n) is 9.58. The Balaban J connectivity index is 2.11. The van der Waals surface area contributed by atoms with Crippen LogP contribution < -0.4 is 0 Å². The van der Waals surface area contributed by atoms with E-state index in [9.17, 15) is 0 Å². The fourth-order valence-electron chi connectivity index (χ4n) is 1.78. The molecule has 0 atom stereocenters. The Morgan fingerprint density at radius 3 is 2.46 bits per heavy atom. The third kappa shape index (κ3) is 2.96. The summed E-state index contributed by atoms with van der Waals surface area (Å²) in [7, 11) is 2.26. The first-order valence-electron chi connectivity index (χ1n) is 5.59. The molecule has 0 unspecified atom stereocenters. The maximum Gasteiger partial charge on any atom is 0.0347 e. The van der Waals surface area contributed by atoms with E-state index >= 15 is 0 Å². The predicted molar refractivity (Wildman–Crippen MR) is 58.0 cm³/mol. The SMILES string of the molecule is CCCCN(C)C1CN(C(C)C)C1. The lowest BCUT2D eigenvalue weighted by molar-refractivity contribution is 0.0265. The van der Waals surface area contributed by atoms with Crippen LogP contribution in [0.1, 0.15) is 33.6 Å². The van der Waals surface area contributed by atoms with Crippen molar-refractivity contribution >= 4 is 0 Å². The van der Waals surface area contributed by atoms with Gasteiger partial charge in [-0.2, -0.15) is 0 Å². The average Bonchev–Trinajstić information content (AvgIpc) is 1.97. The van der Waals surface area contributed by atoms with Crippen molar-refractivity contribution in [3.8, 4) is 0 Å². The number of likely N-dealkylation sites (N-methyl/N-ethyl adjacent to an activating group) is 1. The second kappa shape index (κ2) is 4.97. The molecule has 0 aromatic carbocycles. The topological polar surface area (TPSA) is 6.48 Å². The van der Waals surface area contributed by atoms with Crippen LogP contribution in [-0.2, 0) is 0 Å². The Bertz CT molecular complexity index is 139. The van der Waals surface area contributed by atoms with Gasteiger partial charge in [-0.3, -0.25) is 4.90 Å². The molecule has 0 amide bonds. The van der Waals surface area contributed by atoms with Crippen LogP contribution in [0.4, 0.5) is 0 Å². The van der Waals surface area contributed by atoms with E-state index in [2.05, 4.69) is 37.6 Å². The molecular weight excluding hydrogens is 160 g/mol. The van der Waals surface area contributed by atoms with Crippen molar-refractivity contribution in [1.82, 2.24) is 9.80 Å². The van der Waals surface area contributed by atoms with Gasteiger partial charge in [0.1, 0.15) is 0 Å². The fourth-order valence-corrected chi connectivity index (χ4v) is 1.78. The minimum absolute atomic E-state index is 0.732. The van der Waals surface area contributed by atoms with E-state index in [4.69, 9.17) is 0 Å². The average molecular weight is 184 g/mol. The van der Waals surface area contributed by atoms with Gasteiger partial charge in [0.15, 0.2) is 0 Å². The van der Waals surface area contributed by atoms with Crippen LogP contribution >= 0.6 is 0 Å². The summed E-state index contributed by atoms with van der Waals surface area (Å²) in [4.78, 5) is 5.05. The Hall–Kier alpha value is -0.0800. The zero-order valence-corrected chi connectivity index (χ0v) is 9.58. The van der Waals surface area contributed by atoms with Crippen LogP contribution in [0, 0.1) is 0 Å². The third-order valence-electron chi connectivity index (χ3n) is 3.11. The summed E-state index contributed by atoms with van der Waals surface area (Å²) in [5.74, 6) is 0. The van der Waals surface area contributed by atoms with Gasteiger partial charge in [-0.05, 0) is 33.9 Å². The zero-order chi connectivity index (χ0) is 9.84. The van der Waals surface area contributed by atoms with E-state index in [1.807, 2.05) is 0 Å². The maximum absolute atomic E-state index is 2.53. The van der Waals surface area contributed by atoms with Crippen molar-refractivity contribution in [2.75, 3.05) is 26.7 Å². The highest BCUT2D eigenvalue weighted by atomic mass is 15.3. The molecule has 0 aromatic heterocycles. The molecule has 0 bridgehead atoms. The first-order valence-corrected chi connectivity index (χ1v) is 5.59. The maximum atomic E-state index is 2.53. The van der Waals surface area contributed by atoms with Gasteiger partial charge in [0.25, 0.3) is 0 Å². The predicted octanol–water partition coefficient (Wildman–Crippen LogP) is 1.81. The molecule has 2 heteroatoms. The summed E-state index contributed by atoms with van der Waals surface area (Å²) in [5, 5.41) is 0. The lowest BCUT2D eigenvalue weighted by Gasteiger charge is -2.46.